The molecule has 0 radical (unpaired) electrons. The molecule has 0 amide bonds. The van der Waals surface area contributed by atoms with Gasteiger partial charge in [0, 0.05) is 33.7 Å². The van der Waals surface area contributed by atoms with Crippen LogP contribution in [0.2, 0.25) is 6.04 Å². The zero-order chi connectivity index (χ0) is 14.4. The van der Waals surface area contributed by atoms with Gasteiger partial charge in [-0.15, -0.1) is 0 Å². The zero-order valence-electron chi connectivity index (χ0n) is 12.3. The van der Waals surface area contributed by atoms with E-state index in [1.807, 2.05) is 12.1 Å². The first-order valence-electron chi connectivity index (χ1n) is 7.71. The van der Waals surface area contributed by atoms with Gasteiger partial charge in [0.25, 0.3) is 0 Å². The summed E-state index contributed by atoms with van der Waals surface area (Å²) in [6, 6.07) is 8.64. The third kappa shape index (κ3) is 4.09. The van der Waals surface area contributed by atoms with E-state index in [0.717, 1.165) is 31.2 Å². The summed E-state index contributed by atoms with van der Waals surface area (Å²) < 4.78 is 24.4. The van der Waals surface area contributed by atoms with E-state index in [-0.39, 0.29) is 0 Å². The molecule has 0 saturated carbocycles. The highest BCUT2D eigenvalue weighted by Gasteiger charge is 2.15. The maximum atomic E-state index is 12.2. The van der Waals surface area contributed by atoms with Gasteiger partial charge in [0.2, 0.25) is 0 Å². The second kappa shape index (κ2) is 7.27. The number of hydrogen-bond donors (Lipinski definition) is 0. The summed E-state index contributed by atoms with van der Waals surface area (Å²) in [5.41, 5.74) is 1.16. The minimum atomic E-state index is -3.04. The van der Waals surface area contributed by atoms with Gasteiger partial charge < -0.3 is 4.90 Å². The van der Waals surface area contributed by atoms with Gasteiger partial charge in [0.05, 0.1) is 4.90 Å². The second-order valence-corrected chi connectivity index (χ2v) is 10.3. The molecule has 0 unspecified atom stereocenters. The molecule has 0 N–H and O–H groups in total. The first-order chi connectivity index (χ1) is 9.63. The van der Waals surface area contributed by atoms with E-state index < -0.39 is 19.4 Å². The molecule has 1 fully saturated rings. The summed E-state index contributed by atoms with van der Waals surface area (Å²) >= 11 is 0. The standard InChI is InChI=1S/C15H25NO2SSi/c1-2-12-20-13-19(17,18)15-8-6-14(7-9-15)16-10-4-3-5-11-16/h6-9H,2-5,10-13,20H2,1H3. The minimum absolute atomic E-state index is 0.407. The quantitative estimate of drug-likeness (QED) is 0.598. The van der Waals surface area contributed by atoms with Crippen LogP contribution in [0.25, 0.3) is 0 Å². The predicted octanol–water partition coefficient (Wildman–Crippen LogP) is 2.41. The number of rotatable bonds is 6. The van der Waals surface area contributed by atoms with E-state index in [2.05, 4.69) is 11.8 Å². The van der Waals surface area contributed by atoms with Gasteiger partial charge in [-0.1, -0.05) is 19.4 Å². The van der Waals surface area contributed by atoms with Crippen molar-refractivity contribution in [1.29, 1.82) is 0 Å². The Labute approximate surface area is 125 Å². The van der Waals surface area contributed by atoms with Crippen molar-refractivity contribution in [3.63, 3.8) is 0 Å². The van der Waals surface area contributed by atoms with Gasteiger partial charge in [0.1, 0.15) is 0 Å². The third-order valence-corrected chi connectivity index (χ3v) is 9.44. The molecule has 112 valence electrons. The molecule has 1 aliphatic heterocycles. The van der Waals surface area contributed by atoms with Gasteiger partial charge in [-0.05, 0) is 43.5 Å². The molecule has 0 atom stereocenters. The highest BCUT2D eigenvalue weighted by molar-refractivity contribution is 7.92. The Kier molecular flexibility index (Phi) is 5.66. The molecular formula is C15H25NO2SSi. The first kappa shape index (κ1) is 15.6. The number of benzene rings is 1. The van der Waals surface area contributed by atoms with Crippen LogP contribution in [0.3, 0.4) is 0 Å². The largest absolute Gasteiger partial charge is 0.372 e. The fraction of sp³-hybridized carbons (Fsp3) is 0.600. The normalized spacial score (nSPS) is 16.9. The Morgan fingerprint density at radius 1 is 1.10 bits per heavy atom. The molecule has 0 bridgehead atoms. The van der Waals surface area contributed by atoms with Crippen LogP contribution < -0.4 is 4.90 Å². The number of nitrogens with zero attached hydrogens (tertiary/aromatic N) is 1. The summed E-state index contributed by atoms with van der Waals surface area (Å²) in [5, 5.41) is 0.407. The Morgan fingerprint density at radius 2 is 1.75 bits per heavy atom. The average molecular weight is 312 g/mol. The molecule has 2 rings (SSSR count). The van der Waals surface area contributed by atoms with E-state index in [1.54, 1.807) is 12.1 Å². The van der Waals surface area contributed by atoms with E-state index in [4.69, 9.17) is 0 Å². The Hall–Kier alpha value is -0.813. The molecule has 0 aliphatic carbocycles. The third-order valence-electron chi connectivity index (χ3n) is 3.93. The van der Waals surface area contributed by atoms with Crippen LogP contribution in [-0.4, -0.2) is 36.4 Å². The number of sulfone groups is 1. The summed E-state index contributed by atoms with van der Waals surface area (Å²) in [6.07, 6.45) is 4.89. The van der Waals surface area contributed by atoms with Crippen molar-refractivity contribution in [3.05, 3.63) is 24.3 Å². The molecule has 1 aliphatic rings. The molecule has 1 heterocycles. The number of piperidine rings is 1. The minimum Gasteiger partial charge on any atom is -0.372 e. The molecule has 0 aromatic heterocycles. The van der Waals surface area contributed by atoms with Gasteiger partial charge in [-0.2, -0.15) is 0 Å². The van der Waals surface area contributed by atoms with Crippen LogP contribution in [-0.2, 0) is 9.84 Å². The fourth-order valence-electron chi connectivity index (χ4n) is 2.68. The molecule has 1 aromatic rings. The van der Waals surface area contributed by atoms with Crippen LogP contribution >= 0.6 is 0 Å². The van der Waals surface area contributed by atoms with E-state index in [9.17, 15) is 8.42 Å². The van der Waals surface area contributed by atoms with Crippen molar-refractivity contribution >= 4 is 25.0 Å². The summed E-state index contributed by atoms with van der Waals surface area (Å²) in [7, 11) is -3.50. The predicted molar refractivity (Wildman–Crippen MR) is 88.2 cm³/mol. The smallest absolute Gasteiger partial charge is 0.175 e. The van der Waals surface area contributed by atoms with Crippen LogP contribution in [0.15, 0.2) is 29.2 Å². The molecule has 1 aromatic carbocycles. The average Bonchev–Trinajstić information content (AvgIpc) is 2.48. The SMILES string of the molecule is CCC[SiH2]CS(=O)(=O)c1ccc(N2CCCCC2)cc1. The maximum Gasteiger partial charge on any atom is 0.175 e. The molecular weight excluding hydrogens is 286 g/mol. The highest BCUT2D eigenvalue weighted by atomic mass is 32.2. The van der Waals surface area contributed by atoms with E-state index in [0.29, 0.717) is 10.3 Å². The Morgan fingerprint density at radius 3 is 2.35 bits per heavy atom. The zero-order valence-corrected chi connectivity index (χ0v) is 14.6. The lowest BCUT2D eigenvalue weighted by Gasteiger charge is -2.28. The van der Waals surface area contributed by atoms with Gasteiger partial charge in [0.15, 0.2) is 9.84 Å². The first-order valence-corrected chi connectivity index (χ1v) is 11.4. The molecule has 0 spiro atoms. The monoisotopic (exact) mass is 311 g/mol. The fourth-order valence-corrected chi connectivity index (χ4v) is 7.01. The lowest BCUT2D eigenvalue weighted by atomic mass is 10.1. The van der Waals surface area contributed by atoms with Crippen molar-refractivity contribution in [1.82, 2.24) is 0 Å². The van der Waals surface area contributed by atoms with Crippen LogP contribution in [0, 0.1) is 0 Å². The summed E-state index contributed by atoms with van der Waals surface area (Å²) in [4.78, 5) is 2.85. The van der Waals surface area contributed by atoms with Crippen LogP contribution in [0.1, 0.15) is 32.6 Å². The number of anilines is 1. The lowest BCUT2D eigenvalue weighted by Crippen LogP contribution is -2.29. The van der Waals surface area contributed by atoms with Crippen molar-refractivity contribution in [2.24, 2.45) is 0 Å². The summed E-state index contributed by atoms with van der Waals surface area (Å²) in [5.74, 6) is 0. The molecule has 3 nitrogen and oxygen atoms in total. The molecule has 20 heavy (non-hydrogen) atoms. The Balaban J connectivity index is 2.03. The van der Waals surface area contributed by atoms with Crippen LogP contribution in [0.4, 0.5) is 5.69 Å². The van der Waals surface area contributed by atoms with Crippen molar-refractivity contribution in [2.75, 3.05) is 23.4 Å². The highest BCUT2D eigenvalue weighted by Crippen LogP contribution is 2.22. The van der Waals surface area contributed by atoms with Crippen molar-refractivity contribution < 1.29 is 8.42 Å². The lowest BCUT2D eigenvalue weighted by molar-refractivity contribution is 0.577. The maximum absolute atomic E-state index is 12.2. The molecule has 5 heteroatoms. The van der Waals surface area contributed by atoms with Gasteiger partial charge in [-0.3, -0.25) is 0 Å². The number of hydrogen-bond acceptors (Lipinski definition) is 3. The van der Waals surface area contributed by atoms with Crippen LogP contribution in [0.5, 0.6) is 0 Å². The summed E-state index contributed by atoms with van der Waals surface area (Å²) in [6.45, 7) is 4.30. The van der Waals surface area contributed by atoms with E-state index >= 15 is 0 Å². The van der Waals surface area contributed by atoms with E-state index in [1.165, 1.54) is 19.3 Å². The van der Waals surface area contributed by atoms with Gasteiger partial charge in [-0.25, -0.2) is 8.42 Å². The molecule has 1 saturated heterocycles. The topological polar surface area (TPSA) is 37.4 Å². The second-order valence-electron chi connectivity index (χ2n) is 5.57. The van der Waals surface area contributed by atoms with Crippen molar-refractivity contribution in [3.8, 4) is 0 Å². The Bertz CT molecular complexity index is 507. The van der Waals surface area contributed by atoms with Crippen molar-refractivity contribution in [2.45, 2.75) is 43.5 Å². The van der Waals surface area contributed by atoms with Gasteiger partial charge >= 0.3 is 0 Å².